The molecule has 1 rings (SSSR count). The molecule has 0 atom stereocenters. The van der Waals surface area contributed by atoms with Crippen molar-refractivity contribution in [2.75, 3.05) is 20.2 Å². The number of nitrogens with zero attached hydrogens (tertiary/aromatic N) is 1. The molecule has 0 aliphatic heterocycles. The molecule has 0 unspecified atom stereocenters. The smallest absolute Gasteiger partial charge is 0.325 e. The summed E-state index contributed by atoms with van der Waals surface area (Å²) in [6, 6.07) is 1.67. The predicted octanol–water partition coefficient (Wildman–Crippen LogP) is 1.53. The van der Waals surface area contributed by atoms with Gasteiger partial charge < -0.3 is 14.1 Å². The Morgan fingerprint density at radius 3 is 2.53 bits per heavy atom. The van der Waals surface area contributed by atoms with Crippen LogP contribution in [0.2, 0.25) is 0 Å². The van der Waals surface area contributed by atoms with Crippen LogP contribution in [-0.4, -0.2) is 37.0 Å². The van der Waals surface area contributed by atoms with Crippen molar-refractivity contribution in [1.82, 2.24) is 4.90 Å². The van der Waals surface area contributed by atoms with E-state index in [1.54, 1.807) is 33.9 Å². The van der Waals surface area contributed by atoms with Crippen LogP contribution in [0.3, 0.4) is 0 Å². The molecule has 0 spiro atoms. The van der Waals surface area contributed by atoms with Gasteiger partial charge in [-0.05, 0) is 26.8 Å². The monoisotopic (exact) mass is 239 g/mol. The van der Waals surface area contributed by atoms with E-state index in [1.165, 1.54) is 4.90 Å². The summed E-state index contributed by atoms with van der Waals surface area (Å²) in [5.41, 5.74) is 0.481. The number of carbonyl (C=O) groups excluding carboxylic acids is 2. The fourth-order valence-electron chi connectivity index (χ4n) is 1.52. The number of hydrogen-bond acceptors (Lipinski definition) is 4. The largest absolute Gasteiger partial charge is 0.466 e. The minimum absolute atomic E-state index is 0.0592. The Morgan fingerprint density at radius 1 is 1.41 bits per heavy atom. The molecule has 0 aromatic carbocycles. The van der Waals surface area contributed by atoms with E-state index >= 15 is 0 Å². The molecule has 5 nitrogen and oxygen atoms in total. The molecular formula is C12H17NO4. The lowest BCUT2D eigenvalue weighted by atomic mass is 10.2. The van der Waals surface area contributed by atoms with Gasteiger partial charge in [0.1, 0.15) is 18.1 Å². The highest BCUT2D eigenvalue weighted by Crippen LogP contribution is 2.15. The average Bonchev–Trinajstić information content (AvgIpc) is 2.56. The topological polar surface area (TPSA) is 59.8 Å². The van der Waals surface area contributed by atoms with Gasteiger partial charge in [-0.3, -0.25) is 9.59 Å². The van der Waals surface area contributed by atoms with Crippen LogP contribution >= 0.6 is 0 Å². The molecule has 1 aromatic rings. The zero-order valence-electron chi connectivity index (χ0n) is 10.6. The van der Waals surface area contributed by atoms with Crippen molar-refractivity contribution >= 4 is 11.9 Å². The third-order valence-corrected chi connectivity index (χ3v) is 2.29. The van der Waals surface area contributed by atoms with E-state index in [9.17, 15) is 9.59 Å². The van der Waals surface area contributed by atoms with Gasteiger partial charge in [-0.2, -0.15) is 0 Å². The summed E-state index contributed by atoms with van der Waals surface area (Å²) >= 11 is 0. The van der Waals surface area contributed by atoms with E-state index in [0.29, 0.717) is 23.7 Å². The van der Waals surface area contributed by atoms with Crippen LogP contribution in [0.4, 0.5) is 0 Å². The van der Waals surface area contributed by atoms with Gasteiger partial charge in [0.15, 0.2) is 0 Å². The average molecular weight is 239 g/mol. The van der Waals surface area contributed by atoms with Crippen LogP contribution in [0.25, 0.3) is 0 Å². The van der Waals surface area contributed by atoms with Crippen molar-refractivity contribution in [3.63, 3.8) is 0 Å². The highest BCUT2D eigenvalue weighted by Gasteiger charge is 2.19. The Hall–Kier alpha value is -1.78. The van der Waals surface area contributed by atoms with E-state index < -0.39 is 5.97 Å². The number of likely N-dealkylation sites (N-methyl/N-ethyl adjacent to an activating group) is 1. The van der Waals surface area contributed by atoms with Crippen molar-refractivity contribution in [2.24, 2.45) is 0 Å². The zero-order valence-corrected chi connectivity index (χ0v) is 10.6. The van der Waals surface area contributed by atoms with Crippen LogP contribution in [-0.2, 0) is 9.53 Å². The maximum atomic E-state index is 12.0. The molecule has 0 saturated heterocycles. The van der Waals surface area contributed by atoms with Crippen molar-refractivity contribution in [3.05, 3.63) is 23.2 Å². The number of ether oxygens (including phenoxy) is 1. The number of rotatable bonds is 4. The molecule has 0 aliphatic carbocycles. The van der Waals surface area contributed by atoms with Gasteiger partial charge in [-0.15, -0.1) is 0 Å². The van der Waals surface area contributed by atoms with Gasteiger partial charge in [-0.1, -0.05) is 0 Å². The van der Waals surface area contributed by atoms with Gasteiger partial charge in [0, 0.05) is 7.05 Å². The van der Waals surface area contributed by atoms with Gasteiger partial charge in [0.2, 0.25) is 0 Å². The number of esters is 1. The molecular weight excluding hydrogens is 222 g/mol. The second-order valence-corrected chi connectivity index (χ2v) is 3.79. The number of amides is 1. The summed E-state index contributed by atoms with van der Waals surface area (Å²) < 4.78 is 10.1. The summed E-state index contributed by atoms with van der Waals surface area (Å²) in [7, 11) is 1.56. The van der Waals surface area contributed by atoms with Crippen LogP contribution in [0.1, 0.15) is 28.8 Å². The van der Waals surface area contributed by atoms with Crippen molar-refractivity contribution < 1.29 is 18.7 Å². The fraction of sp³-hybridized carbons (Fsp3) is 0.500. The van der Waals surface area contributed by atoms with E-state index in [0.717, 1.165) is 0 Å². The summed E-state index contributed by atoms with van der Waals surface area (Å²) in [5, 5.41) is 0. The highest BCUT2D eigenvalue weighted by atomic mass is 16.5. The van der Waals surface area contributed by atoms with Crippen molar-refractivity contribution in [3.8, 4) is 0 Å². The van der Waals surface area contributed by atoms with Crippen LogP contribution in [0.5, 0.6) is 0 Å². The summed E-state index contributed by atoms with van der Waals surface area (Å²) in [4.78, 5) is 24.5. The third-order valence-electron chi connectivity index (χ3n) is 2.29. The lowest BCUT2D eigenvalue weighted by Gasteiger charge is -2.15. The summed E-state index contributed by atoms with van der Waals surface area (Å²) in [6.07, 6.45) is 0. The molecule has 17 heavy (non-hydrogen) atoms. The molecule has 94 valence electrons. The fourth-order valence-corrected chi connectivity index (χ4v) is 1.52. The van der Waals surface area contributed by atoms with Gasteiger partial charge in [0.05, 0.1) is 12.2 Å². The molecule has 0 aliphatic rings. The number of carbonyl (C=O) groups is 2. The maximum Gasteiger partial charge on any atom is 0.325 e. The molecule has 1 aromatic heterocycles. The number of hydrogen-bond donors (Lipinski definition) is 0. The summed E-state index contributed by atoms with van der Waals surface area (Å²) in [5.74, 6) is 0.576. The van der Waals surface area contributed by atoms with Crippen molar-refractivity contribution in [1.29, 1.82) is 0 Å². The van der Waals surface area contributed by atoms with E-state index in [1.807, 2.05) is 0 Å². The first-order chi connectivity index (χ1) is 7.95. The van der Waals surface area contributed by atoms with E-state index in [4.69, 9.17) is 9.15 Å². The normalized spacial score (nSPS) is 10.1. The first-order valence-electron chi connectivity index (χ1n) is 5.43. The Morgan fingerprint density at radius 2 is 2.06 bits per heavy atom. The third kappa shape index (κ3) is 3.34. The Bertz CT molecular complexity index is 422. The Labute approximate surface area is 100 Å². The van der Waals surface area contributed by atoms with Crippen molar-refractivity contribution in [2.45, 2.75) is 20.8 Å². The molecule has 1 heterocycles. The van der Waals surface area contributed by atoms with E-state index in [-0.39, 0.29) is 12.5 Å². The molecule has 0 N–H and O–H groups in total. The summed E-state index contributed by atoms with van der Waals surface area (Å²) in [6.45, 7) is 5.47. The van der Waals surface area contributed by atoms with Gasteiger partial charge >= 0.3 is 5.97 Å². The second kappa shape index (κ2) is 5.52. The minimum Gasteiger partial charge on any atom is -0.466 e. The maximum absolute atomic E-state index is 12.0. The Kier molecular flexibility index (Phi) is 4.31. The molecule has 0 saturated carbocycles. The standard InChI is InChI=1S/C12H17NO4/c1-5-16-11(14)7-13(4)12(15)10-6-8(2)17-9(10)3/h6H,5,7H2,1-4H3. The minimum atomic E-state index is -0.416. The Balaban J connectivity index is 2.70. The first kappa shape index (κ1) is 13.3. The van der Waals surface area contributed by atoms with Crippen LogP contribution in [0.15, 0.2) is 10.5 Å². The molecule has 0 radical (unpaired) electrons. The lowest BCUT2D eigenvalue weighted by molar-refractivity contribution is -0.143. The van der Waals surface area contributed by atoms with Crippen LogP contribution < -0.4 is 0 Å². The zero-order chi connectivity index (χ0) is 13.0. The number of furan rings is 1. The van der Waals surface area contributed by atoms with E-state index in [2.05, 4.69) is 0 Å². The van der Waals surface area contributed by atoms with Gasteiger partial charge in [0.25, 0.3) is 5.91 Å². The molecule has 1 amide bonds. The quantitative estimate of drug-likeness (QED) is 0.748. The molecule has 0 bridgehead atoms. The second-order valence-electron chi connectivity index (χ2n) is 3.79. The molecule has 0 fully saturated rings. The number of aryl methyl sites for hydroxylation is 2. The lowest BCUT2D eigenvalue weighted by Crippen LogP contribution is -2.33. The first-order valence-corrected chi connectivity index (χ1v) is 5.43. The van der Waals surface area contributed by atoms with Gasteiger partial charge in [-0.25, -0.2) is 0 Å². The molecule has 5 heteroatoms. The highest BCUT2D eigenvalue weighted by molar-refractivity contribution is 5.96. The van der Waals surface area contributed by atoms with Crippen LogP contribution in [0, 0.1) is 13.8 Å². The SMILES string of the molecule is CCOC(=O)CN(C)C(=O)c1cc(C)oc1C. The predicted molar refractivity (Wildman–Crippen MR) is 61.8 cm³/mol.